The lowest BCUT2D eigenvalue weighted by Gasteiger charge is -2.30. The molecule has 28 heavy (non-hydrogen) atoms. The summed E-state index contributed by atoms with van der Waals surface area (Å²) >= 11 is 1.30. The molecule has 2 heterocycles. The van der Waals surface area contributed by atoms with Crippen molar-refractivity contribution in [2.45, 2.75) is 33.2 Å². The van der Waals surface area contributed by atoms with Crippen LogP contribution in [-0.4, -0.2) is 41.5 Å². The van der Waals surface area contributed by atoms with Crippen LogP contribution in [0.4, 0.5) is 15.2 Å². The first-order valence-electron chi connectivity index (χ1n) is 9.38. The number of esters is 1. The van der Waals surface area contributed by atoms with E-state index in [1.807, 2.05) is 12.3 Å². The van der Waals surface area contributed by atoms with Crippen LogP contribution in [0, 0.1) is 11.7 Å². The number of benzene rings is 1. The molecule has 1 aromatic heterocycles. The lowest BCUT2D eigenvalue weighted by Crippen LogP contribution is -2.39. The molecule has 1 aliphatic heterocycles. The molecular weight excluding hydrogens is 381 g/mol. The Hall–Kier alpha value is -2.32. The Bertz CT molecular complexity index is 842. The van der Waals surface area contributed by atoms with Crippen LogP contribution < -0.4 is 4.90 Å². The van der Waals surface area contributed by atoms with Crippen LogP contribution in [0.3, 0.4) is 0 Å². The molecule has 1 amide bonds. The average Bonchev–Trinajstić information content (AvgIpc) is 3.11. The smallest absolute Gasteiger partial charge is 0.310 e. The van der Waals surface area contributed by atoms with Crippen molar-refractivity contribution in [2.24, 2.45) is 5.92 Å². The molecule has 2 aromatic rings. The summed E-state index contributed by atoms with van der Waals surface area (Å²) in [6, 6.07) is 6.16. The van der Waals surface area contributed by atoms with Gasteiger partial charge in [-0.15, -0.1) is 11.3 Å². The fourth-order valence-electron chi connectivity index (χ4n) is 3.39. The topological polar surface area (TPSA) is 62.7 Å². The number of ether oxygens (including phenoxy) is 1. The van der Waals surface area contributed by atoms with Crippen molar-refractivity contribution in [3.05, 3.63) is 41.2 Å². The number of nitrogens with zero attached hydrogens (tertiary/aromatic N) is 3. The number of piperidine rings is 1. The minimum absolute atomic E-state index is 0.112. The van der Waals surface area contributed by atoms with Gasteiger partial charge in [-0.05, 0) is 38.4 Å². The molecule has 0 saturated carbocycles. The summed E-state index contributed by atoms with van der Waals surface area (Å²) in [5.41, 5.74) is 0.989. The summed E-state index contributed by atoms with van der Waals surface area (Å²) in [7, 11) is 0. The highest BCUT2D eigenvalue weighted by atomic mass is 32.1. The Morgan fingerprint density at radius 2 is 2.18 bits per heavy atom. The van der Waals surface area contributed by atoms with Crippen LogP contribution in [0.2, 0.25) is 0 Å². The van der Waals surface area contributed by atoms with Gasteiger partial charge >= 0.3 is 5.97 Å². The van der Waals surface area contributed by atoms with Gasteiger partial charge in [-0.2, -0.15) is 0 Å². The van der Waals surface area contributed by atoms with Gasteiger partial charge < -0.3 is 4.74 Å². The molecule has 1 aromatic carbocycles. The summed E-state index contributed by atoms with van der Waals surface area (Å²) in [5, 5.41) is 2.31. The molecule has 0 unspecified atom stereocenters. The Morgan fingerprint density at radius 1 is 1.39 bits per heavy atom. The Morgan fingerprint density at radius 3 is 2.89 bits per heavy atom. The minimum Gasteiger partial charge on any atom is -0.466 e. The van der Waals surface area contributed by atoms with Gasteiger partial charge in [0.25, 0.3) is 0 Å². The average molecular weight is 405 g/mol. The van der Waals surface area contributed by atoms with Crippen LogP contribution in [-0.2, 0) is 20.9 Å². The molecular formula is C20H24FN3O3S. The fourth-order valence-corrected chi connectivity index (χ4v) is 4.26. The molecule has 0 bridgehead atoms. The maximum Gasteiger partial charge on any atom is 0.310 e. The molecule has 1 atom stereocenters. The van der Waals surface area contributed by atoms with Gasteiger partial charge in [0.05, 0.1) is 23.9 Å². The van der Waals surface area contributed by atoms with Gasteiger partial charge in [-0.3, -0.25) is 19.4 Å². The SMILES string of the molecule is CCOC(=O)[C@H]1CCCN(Cc2csc(N(C(C)=O)c3ccccc3F)n2)C1. The molecule has 1 aliphatic rings. The molecule has 3 rings (SSSR count). The second-order valence-electron chi connectivity index (χ2n) is 6.75. The van der Waals surface area contributed by atoms with E-state index in [4.69, 9.17) is 4.74 Å². The first kappa shape index (κ1) is 20.4. The van der Waals surface area contributed by atoms with E-state index in [1.165, 1.54) is 29.2 Å². The highest BCUT2D eigenvalue weighted by Crippen LogP contribution is 2.31. The zero-order chi connectivity index (χ0) is 20.1. The van der Waals surface area contributed by atoms with Crippen molar-refractivity contribution in [2.75, 3.05) is 24.6 Å². The molecule has 6 nitrogen and oxygen atoms in total. The molecule has 1 saturated heterocycles. The number of anilines is 2. The highest BCUT2D eigenvalue weighted by Gasteiger charge is 2.27. The summed E-state index contributed by atoms with van der Waals surface area (Å²) in [4.78, 5) is 32.2. The molecule has 0 N–H and O–H groups in total. The quantitative estimate of drug-likeness (QED) is 0.685. The highest BCUT2D eigenvalue weighted by molar-refractivity contribution is 7.14. The van der Waals surface area contributed by atoms with Crippen molar-refractivity contribution >= 4 is 34.0 Å². The van der Waals surface area contributed by atoms with Gasteiger partial charge in [0, 0.05) is 25.4 Å². The third-order valence-corrected chi connectivity index (χ3v) is 5.52. The molecule has 8 heteroatoms. The van der Waals surface area contributed by atoms with Gasteiger partial charge in [-0.25, -0.2) is 9.37 Å². The number of hydrogen-bond acceptors (Lipinski definition) is 6. The van der Waals surface area contributed by atoms with E-state index in [-0.39, 0.29) is 23.5 Å². The monoisotopic (exact) mass is 405 g/mol. The van der Waals surface area contributed by atoms with Crippen LogP contribution in [0.15, 0.2) is 29.6 Å². The Labute approximate surface area is 167 Å². The predicted octanol–water partition coefficient (Wildman–Crippen LogP) is 3.74. The summed E-state index contributed by atoms with van der Waals surface area (Å²) in [6.45, 7) is 5.69. The molecule has 150 valence electrons. The lowest BCUT2D eigenvalue weighted by molar-refractivity contribution is -0.150. The number of carbonyl (C=O) groups excluding carboxylic acids is 2. The summed E-state index contributed by atoms with van der Waals surface area (Å²) in [5.74, 6) is -1.03. The normalized spacial score (nSPS) is 17.3. The number of amides is 1. The summed E-state index contributed by atoms with van der Waals surface area (Å²) < 4.78 is 19.3. The predicted molar refractivity (Wildman–Crippen MR) is 106 cm³/mol. The number of aromatic nitrogens is 1. The second kappa shape index (κ2) is 9.25. The first-order chi connectivity index (χ1) is 13.5. The van der Waals surface area contributed by atoms with Gasteiger partial charge in [0.1, 0.15) is 5.82 Å². The van der Waals surface area contributed by atoms with Crippen molar-refractivity contribution in [3.8, 4) is 0 Å². The van der Waals surface area contributed by atoms with Crippen molar-refractivity contribution in [1.29, 1.82) is 0 Å². The number of rotatable bonds is 6. The van der Waals surface area contributed by atoms with Crippen molar-refractivity contribution in [1.82, 2.24) is 9.88 Å². The van der Waals surface area contributed by atoms with Crippen LogP contribution in [0.5, 0.6) is 0 Å². The van der Waals surface area contributed by atoms with Crippen LogP contribution in [0.25, 0.3) is 0 Å². The Balaban J connectivity index is 1.72. The van der Waals surface area contributed by atoms with Gasteiger partial charge in [-0.1, -0.05) is 12.1 Å². The molecule has 1 fully saturated rings. The van der Waals surface area contributed by atoms with E-state index in [2.05, 4.69) is 9.88 Å². The summed E-state index contributed by atoms with van der Waals surface area (Å²) in [6.07, 6.45) is 1.76. The second-order valence-corrected chi connectivity index (χ2v) is 7.59. The zero-order valence-corrected chi connectivity index (χ0v) is 16.9. The zero-order valence-electron chi connectivity index (χ0n) is 16.1. The van der Waals surface area contributed by atoms with E-state index in [9.17, 15) is 14.0 Å². The lowest BCUT2D eigenvalue weighted by atomic mass is 9.98. The van der Waals surface area contributed by atoms with E-state index in [1.54, 1.807) is 18.2 Å². The maximum absolute atomic E-state index is 14.2. The third-order valence-electron chi connectivity index (χ3n) is 4.65. The minimum atomic E-state index is -0.470. The van der Waals surface area contributed by atoms with Crippen molar-refractivity contribution in [3.63, 3.8) is 0 Å². The van der Waals surface area contributed by atoms with E-state index in [0.29, 0.717) is 24.8 Å². The number of para-hydroxylation sites is 1. The number of carbonyl (C=O) groups is 2. The molecule has 0 aliphatic carbocycles. The fraction of sp³-hybridized carbons (Fsp3) is 0.450. The first-order valence-corrected chi connectivity index (χ1v) is 10.3. The number of hydrogen-bond donors (Lipinski definition) is 0. The van der Waals surface area contributed by atoms with E-state index >= 15 is 0 Å². The third kappa shape index (κ3) is 4.74. The van der Waals surface area contributed by atoms with Gasteiger partial charge in [0.15, 0.2) is 5.13 Å². The standard InChI is InChI=1S/C20H24FN3O3S/c1-3-27-19(26)15-7-6-10-23(11-15)12-16-13-28-20(22-16)24(14(2)25)18-9-5-4-8-17(18)21/h4-5,8-9,13,15H,3,6-7,10-12H2,1-2H3/t15-/m0/s1. The van der Waals surface area contributed by atoms with Crippen LogP contribution in [0.1, 0.15) is 32.4 Å². The number of likely N-dealkylation sites (tertiary alicyclic amines) is 1. The number of thiazole rings is 1. The van der Waals surface area contributed by atoms with Gasteiger partial charge in [0.2, 0.25) is 5.91 Å². The number of halogens is 1. The van der Waals surface area contributed by atoms with Crippen LogP contribution >= 0.6 is 11.3 Å². The maximum atomic E-state index is 14.2. The molecule has 0 spiro atoms. The van der Waals surface area contributed by atoms with E-state index in [0.717, 1.165) is 25.1 Å². The molecule has 0 radical (unpaired) electrons. The Kier molecular flexibility index (Phi) is 6.74. The largest absolute Gasteiger partial charge is 0.466 e. The van der Waals surface area contributed by atoms with E-state index < -0.39 is 5.82 Å². The van der Waals surface area contributed by atoms with Crippen molar-refractivity contribution < 1.29 is 18.7 Å².